The van der Waals surface area contributed by atoms with Gasteiger partial charge in [0, 0.05) is 5.75 Å². The van der Waals surface area contributed by atoms with Gasteiger partial charge in [-0.05, 0) is 14.0 Å². The molecule has 0 aliphatic heterocycles. The number of nitrogens with one attached hydrogen (secondary N) is 1. The zero-order valence-electron chi connectivity index (χ0n) is 6.66. The van der Waals surface area contributed by atoms with Crippen LogP contribution in [-0.2, 0) is 9.53 Å². The molecule has 0 radical (unpaired) electrons. The van der Waals surface area contributed by atoms with Crippen LogP contribution in [0.5, 0.6) is 0 Å². The molecule has 3 nitrogen and oxygen atoms in total. The Bertz CT molecular complexity index is 109. The van der Waals surface area contributed by atoms with E-state index in [2.05, 4.69) is 17.9 Å². The fourth-order valence-electron chi connectivity index (χ4n) is 0.527. The molecule has 0 unspecified atom stereocenters. The molecule has 0 aromatic heterocycles. The van der Waals surface area contributed by atoms with Crippen LogP contribution in [0.3, 0.4) is 0 Å². The summed E-state index contributed by atoms with van der Waals surface area (Å²) < 4.78 is 4.74. The number of rotatable bonds is 4. The van der Waals surface area contributed by atoms with E-state index in [1.54, 1.807) is 14.0 Å². The summed E-state index contributed by atoms with van der Waals surface area (Å²) in [5.41, 5.74) is 0. The van der Waals surface area contributed by atoms with E-state index in [1.807, 2.05) is 0 Å². The number of hydrogen-bond donors (Lipinski definition) is 2. The highest BCUT2D eigenvalue weighted by Gasteiger charge is 2.14. The van der Waals surface area contributed by atoms with Crippen molar-refractivity contribution >= 4 is 31.0 Å². The molecule has 0 fully saturated rings. The molecule has 0 spiro atoms. The van der Waals surface area contributed by atoms with E-state index in [9.17, 15) is 4.79 Å². The first-order valence-corrected chi connectivity index (χ1v) is 3.84. The van der Waals surface area contributed by atoms with E-state index >= 15 is 0 Å². The van der Waals surface area contributed by atoms with Crippen LogP contribution in [0.2, 0.25) is 0 Å². The van der Waals surface area contributed by atoms with Crippen molar-refractivity contribution in [1.29, 1.82) is 0 Å². The molecule has 0 heterocycles. The highest BCUT2D eigenvalue weighted by Crippen LogP contribution is 1.90. The zero-order chi connectivity index (χ0) is 7.98. The van der Waals surface area contributed by atoms with Crippen LogP contribution < -0.4 is 5.32 Å². The van der Waals surface area contributed by atoms with E-state index < -0.39 is 0 Å². The number of carbonyl (C=O) groups excluding carboxylic acids is 1. The molecule has 1 atom stereocenters. The van der Waals surface area contributed by atoms with Gasteiger partial charge in [-0.1, -0.05) is 0 Å². The van der Waals surface area contributed by atoms with Crippen molar-refractivity contribution in [2.75, 3.05) is 19.4 Å². The van der Waals surface area contributed by atoms with Gasteiger partial charge in [-0.2, -0.15) is 12.6 Å². The van der Waals surface area contributed by atoms with Crippen molar-refractivity contribution in [3.63, 3.8) is 0 Å². The molecule has 0 saturated heterocycles. The van der Waals surface area contributed by atoms with Crippen LogP contribution in [0, 0.1) is 0 Å². The minimum absolute atomic E-state index is 0. The van der Waals surface area contributed by atoms with Gasteiger partial charge in [-0.3, -0.25) is 4.79 Å². The number of thiol groups is 1. The average molecular weight is 200 g/mol. The lowest BCUT2D eigenvalue weighted by Crippen LogP contribution is -2.37. The Morgan fingerprint density at radius 3 is 2.55 bits per heavy atom. The summed E-state index contributed by atoms with van der Waals surface area (Å²) in [7, 11) is 1.71. The Kier molecular flexibility index (Phi) is 10.1. The molecule has 11 heavy (non-hydrogen) atoms. The van der Waals surface area contributed by atoms with E-state index in [4.69, 9.17) is 4.74 Å². The van der Waals surface area contributed by atoms with Crippen molar-refractivity contribution in [1.82, 2.24) is 5.32 Å². The molecular formula is C6H14ClNO2S. The molecule has 5 heteroatoms. The zero-order valence-corrected chi connectivity index (χ0v) is 8.37. The maximum Gasteiger partial charge on any atom is 0.323 e. The molecule has 1 N–H and O–H groups in total. The number of likely N-dealkylation sites (N-methyl/N-ethyl adjacent to an activating group) is 1. The van der Waals surface area contributed by atoms with Gasteiger partial charge in [-0.15, -0.1) is 12.4 Å². The quantitative estimate of drug-likeness (QED) is 0.512. The number of carbonyl (C=O) groups is 1. The van der Waals surface area contributed by atoms with Crippen LogP contribution in [0.25, 0.3) is 0 Å². The van der Waals surface area contributed by atoms with Gasteiger partial charge in [0.25, 0.3) is 0 Å². The standard InChI is InChI=1S/C6H13NO2S.ClH/c1-3-9-6(8)5(4-10)7-2;/h5,7,10H,3-4H2,1-2H3;1H/t5-;/m1./s1. The minimum atomic E-state index is -0.275. The monoisotopic (exact) mass is 199 g/mol. The average Bonchev–Trinajstić information content (AvgIpc) is 1.91. The summed E-state index contributed by atoms with van der Waals surface area (Å²) in [6.45, 7) is 2.20. The van der Waals surface area contributed by atoms with Crippen molar-refractivity contribution in [2.24, 2.45) is 0 Å². The molecule has 0 amide bonds. The van der Waals surface area contributed by atoms with Gasteiger partial charge in [0.1, 0.15) is 6.04 Å². The summed E-state index contributed by atoms with van der Waals surface area (Å²) in [6, 6.07) is -0.275. The normalized spacial score (nSPS) is 11.5. The van der Waals surface area contributed by atoms with Crippen LogP contribution in [-0.4, -0.2) is 31.4 Å². The summed E-state index contributed by atoms with van der Waals surface area (Å²) >= 11 is 3.96. The van der Waals surface area contributed by atoms with E-state index in [1.165, 1.54) is 0 Å². The largest absolute Gasteiger partial charge is 0.465 e. The highest BCUT2D eigenvalue weighted by atomic mass is 35.5. The fourth-order valence-corrected chi connectivity index (χ4v) is 0.858. The Balaban J connectivity index is 0. The topological polar surface area (TPSA) is 38.3 Å². The maximum atomic E-state index is 10.9. The molecule has 0 rings (SSSR count). The predicted octanol–water partition coefficient (Wildman–Crippen LogP) is 0.489. The first-order valence-electron chi connectivity index (χ1n) is 3.21. The van der Waals surface area contributed by atoms with Crippen LogP contribution in [0.4, 0.5) is 0 Å². The SMILES string of the molecule is CCOC(=O)[C@@H](CS)NC.Cl. The molecule has 0 aliphatic carbocycles. The lowest BCUT2D eigenvalue weighted by atomic mass is 10.3. The van der Waals surface area contributed by atoms with Crippen molar-refractivity contribution < 1.29 is 9.53 Å². The van der Waals surface area contributed by atoms with Gasteiger partial charge in [0.15, 0.2) is 0 Å². The molecule has 0 aromatic carbocycles. The first-order chi connectivity index (χ1) is 4.76. The summed E-state index contributed by atoms with van der Waals surface area (Å²) in [4.78, 5) is 10.9. The number of ether oxygens (including phenoxy) is 1. The van der Waals surface area contributed by atoms with Crippen molar-refractivity contribution in [3.8, 4) is 0 Å². The number of halogens is 1. The summed E-state index contributed by atoms with van der Waals surface area (Å²) in [5.74, 6) is 0.231. The molecule has 68 valence electrons. The minimum Gasteiger partial charge on any atom is -0.465 e. The number of hydrogen-bond acceptors (Lipinski definition) is 4. The molecular weight excluding hydrogens is 186 g/mol. The second kappa shape index (κ2) is 8.17. The third kappa shape index (κ3) is 5.35. The van der Waals surface area contributed by atoms with E-state index in [0.717, 1.165) is 0 Å². The third-order valence-electron chi connectivity index (χ3n) is 1.10. The predicted molar refractivity (Wildman–Crippen MR) is 50.6 cm³/mol. The molecule has 0 bridgehead atoms. The Morgan fingerprint density at radius 1 is 1.73 bits per heavy atom. The smallest absolute Gasteiger partial charge is 0.323 e. The fraction of sp³-hybridized carbons (Fsp3) is 0.833. The lowest BCUT2D eigenvalue weighted by Gasteiger charge is -2.10. The first kappa shape index (κ1) is 13.6. The second-order valence-electron chi connectivity index (χ2n) is 1.78. The second-order valence-corrected chi connectivity index (χ2v) is 2.14. The van der Waals surface area contributed by atoms with Crippen LogP contribution >= 0.6 is 25.0 Å². The molecule has 0 aromatic rings. The molecule has 0 aliphatic rings. The van der Waals surface area contributed by atoms with Gasteiger partial charge in [0.05, 0.1) is 6.61 Å². The third-order valence-corrected chi connectivity index (χ3v) is 1.47. The van der Waals surface area contributed by atoms with Gasteiger partial charge < -0.3 is 10.1 Å². The van der Waals surface area contributed by atoms with Crippen molar-refractivity contribution in [3.05, 3.63) is 0 Å². The number of esters is 1. The van der Waals surface area contributed by atoms with Crippen LogP contribution in [0.1, 0.15) is 6.92 Å². The van der Waals surface area contributed by atoms with Gasteiger partial charge >= 0.3 is 5.97 Å². The molecule has 0 saturated carbocycles. The summed E-state index contributed by atoms with van der Waals surface area (Å²) in [6.07, 6.45) is 0. The van der Waals surface area contributed by atoms with Gasteiger partial charge in [0.2, 0.25) is 0 Å². The maximum absolute atomic E-state index is 10.9. The summed E-state index contributed by atoms with van der Waals surface area (Å²) in [5, 5.41) is 2.79. The van der Waals surface area contributed by atoms with E-state index in [0.29, 0.717) is 12.4 Å². The Morgan fingerprint density at radius 2 is 2.27 bits per heavy atom. The van der Waals surface area contributed by atoms with Crippen LogP contribution in [0.15, 0.2) is 0 Å². The lowest BCUT2D eigenvalue weighted by molar-refractivity contribution is -0.144. The van der Waals surface area contributed by atoms with Gasteiger partial charge in [-0.25, -0.2) is 0 Å². The van der Waals surface area contributed by atoms with E-state index in [-0.39, 0.29) is 24.4 Å². The highest BCUT2D eigenvalue weighted by molar-refractivity contribution is 7.80. The Hall–Kier alpha value is 0.0700. The Labute approximate surface area is 78.7 Å². The van der Waals surface area contributed by atoms with Crippen molar-refractivity contribution in [2.45, 2.75) is 13.0 Å².